The van der Waals surface area contributed by atoms with Crippen LogP contribution in [0.3, 0.4) is 0 Å². The zero-order valence-electron chi connectivity index (χ0n) is 11.5. The highest BCUT2D eigenvalue weighted by molar-refractivity contribution is 5.07. The number of nitrogens with one attached hydrogen (secondary N) is 1. The molecule has 1 aliphatic heterocycles. The summed E-state index contributed by atoms with van der Waals surface area (Å²) in [5, 5.41) is 3.64. The third-order valence-electron chi connectivity index (χ3n) is 4.77. The number of aromatic nitrogens is 2. The Morgan fingerprint density at radius 1 is 1.33 bits per heavy atom. The van der Waals surface area contributed by atoms with Crippen LogP contribution in [0.25, 0.3) is 0 Å². The van der Waals surface area contributed by atoms with Crippen LogP contribution in [0, 0.1) is 5.41 Å². The molecule has 1 N–H and O–H groups in total. The van der Waals surface area contributed by atoms with E-state index in [2.05, 4.69) is 28.0 Å². The van der Waals surface area contributed by atoms with Crippen LogP contribution in [0.4, 0.5) is 0 Å². The molecule has 1 aliphatic carbocycles. The Labute approximate surface area is 110 Å². The first kappa shape index (κ1) is 12.2. The maximum Gasteiger partial charge on any atom is 0.0948 e. The summed E-state index contributed by atoms with van der Waals surface area (Å²) in [5.74, 6) is 0. The lowest BCUT2D eigenvalue weighted by Crippen LogP contribution is -2.30. The second-order valence-corrected chi connectivity index (χ2v) is 6.47. The molecule has 100 valence electrons. The van der Waals surface area contributed by atoms with Crippen LogP contribution in [0.15, 0.2) is 12.5 Å². The Kier molecular flexibility index (Phi) is 3.42. The van der Waals surface area contributed by atoms with E-state index >= 15 is 0 Å². The fraction of sp³-hybridized carbons (Fsp3) is 0.800. The lowest BCUT2D eigenvalue weighted by Gasteiger charge is -2.29. The van der Waals surface area contributed by atoms with E-state index in [1.807, 2.05) is 6.33 Å². The Morgan fingerprint density at radius 3 is 2.89 bits per heavy atom. The molecule has 0 aromatic carbocycles. The van der Waals surface area contributed by atoms with Crippen molar-refractivity contribution < 1.29 is 0 Å². The topological polar surface area (TPSA) is 29.9 Å². The van der Waals surface area contributed by atoms with Gasteiger partial charge in [0.15, 0.2) is 0 Å². The van der Waals surface area contributed by atoms with E-state index in [4.69, 9.17) is 0 Å². The van der Waals surface area contributed by atoms with Crippen molar-refractivity contribution in [3.05, 3.63) is 18.2 Å². The Hall–Kier alpha value is -0.830. The average molecular weight is 247 g/mol. The van der Waals surface area contributed by atoms with Crippen molar-refractivity contribution in [3.63, 3.8) is 0 Å². The number of rotatable bonds is 3. The first-order chi connectivity index (χ1) is 8.77. The number of nitrogens with zero attached hydrogens (tertiary/aromatic N) is 2. The molecule has 3 nitrogen and oxygen atoms in total. The van der Waals surface area contributed by atoms with Gasteiger partial charge in [-0.15, -0.1) is 0 Å². The normalized spacial score (nSPS) is 27.5. The van der Waals surface area contributed by atoms with Crippen molar-refractivity contribution in [2.75, 3.05) is 6.54 Å². The molecule has 2 aliphatic rings. The smallest absolute Gasteiger partial charge is 0.0948 e. The third kappa shape index (κ3) is 2.46. The molecule has 1 aromatic heterocycles. The number of piperidine rings is 1. The van der Waals surface area contributed by atoms with Crippen LogP contribution in [-0.4, -0.2) is 16.1 Å². The van der Waals surface area contributed by atoms with Gasteiger partial charge in [0.1, 0.15) is 0 Å². The lowest BCUT2D eigenvalue weighted by molar-refractivity contribution is 0.270. The molecule has 2 fully saturated rings. The molecule has 1 saturated heterocycles. The summed E-state index contributed by atoms with van der Waals surface area (Å²) in [6, 6.07) is 0.534. The van der Waals surface area contributed by atoms with Crippen molar-refractivity contribution in [1.82, 2.24) is 14.9 Å². The molecule has 2 heterocycles. The number of imidazole rings is 1. The van der Waals surface area contributed by atoms with E-state index < -0.39 is 0 Å². The average Bonchev–Trinajstić information content (AvgIpc) is 3.00. The Balaban J connectivity index is 1.74. The zero-order valence-corrected chi connectivity index (χ0v) is 11.5. The Bertz CT molecular complexity index is 384. The quantitative estimate of drug-likeness (QED) is 0.888. The van der Waals surface area contributed by atoms with E-state index in [-0.39, 0.29) is 0 Å². The van der Waals surface area contributed by atoms with Crippen molar-refractivity contribution in [1.29, 1.82) is 0 Å². The van der Waals surface area contributed by atoms with Crippen LogP contribution >= 0.6 is 0 Å². The first-order valence-corrected chi connectivity index (χ1v) is 7.50. The van der Waals surface area contributed by atoms with Crippen LogP contribution in [0.5, 0.6) is 0 Å². The summed E-state index contributed by atoms with van der Waals surface area (Å²) in [5.41, 5.74) is 1.91. The van der Waals surface area contributed by atoms with Crippen molar-refractivity contribution in [3.8, 4) is 0 Å². The van der Waals surface area contributed by atoms with Gasteiger partial charge in [0.05, 0.1) is 12.0 Å². The molecular formula is C15H25N3. The highest BCUT2D eigenvalue weighted by Crippen LogP contribution is 2.39. The van der Waals surface area contributed by atoms with Gasteiger partial charge in [-0.1, -0.05) is 26.2 Å². The summed E-state index contributed by atoms with van der Waals surface area (Å²) in [7, 11) is 0. The minimum absolute atomic E-state index is 0.504. The molecule has 1 atom stereocenters. The van der Waals surface area contributed by atoms with Gasteiger partial charge in [0.2, 0.25) is 0 Å². The highest BCUT2D eigenvalue weighted by Gasteiger charge is 2.30. The van der Waals surface area contributed by atoms with Gasteiger partial charge in [-0.05, 0) is 37.6 Å². The molecular weight excluding hydrogens is 222 g/mol. The second kappa shape index (κ2) is 5.04. The molecule has 1 saturated carbocycles. The van der Waals surface area contributed by atoms with E-state index in [9.17, 15) is 0 Å². The minimum atomic E-state index is 0.504. The molecule has 1 aromatic rings. The highest BCUT2D eigenvalue weighted by atomic mass is 15.1. The second-order valence-electron chi connectivity index (χ2n) is 6.47. The molecule has 1 unspecified atom stereocenters. The predicted molar refractivity (Wildman–Crippen MR) is 73.4 cm³/mol. The number of hydrogen-bond acceptors (Lipinski definition) is 2. The Morgan fingerprint density at radius 2 is 2.17 bits per heavy atom. The fourth-order valence-corrected chi connectivity index (χ4v) is 3.66. The minimum Gasteiger partial charge on any atom is -0.333 e. The lowest BCUT2D eigenvalue weighted by atomic mass is 9.88. The molecule has 3 heteroatoms. The van der Waals surface area contributed by atoms with Crippen molar-refractivity contribution >= 4 is 0 Å². The summed E-state index contributed by atoms with van der Waals surface area (Å²) in [6.07, 6.45) is 13.6. The van der Waals surface area contributed by atoms with Crippen LogP contribution < -0.4 is 5.32 Å². The zero-order chi connectivity index (χ0) is 12.4. The van der Waals surface area contributed by atoms with Gasteiger partial charge in [0, 0.05) is 18.8 Å². The van der Waals surface area contributed by atoms with Crippen molar-refractivity contribution in [2.45, 2.75) is 64.5 Å². The summed E-state index contributed by atoms with van der Waals surface area (Å²) < 4.78 is 2.41. The summed E-state index contributed by atoms with van der Waals surface area (Å²) in [4.78, 5) is 4.39. The SMILES string of the molecule is CC1(Cn2cncc2C2CCCCN2)CCCC1. The molecule has 0 amide bonds. The molecule has 0 spiro atoms. The standard InChI is InChI=1S/C15H25N3/c1-15(7-3-4-8-15)11-18-12-16-10-14(18)13-6-2-5-9-17-13/h10,12-13,17H,2-9,11H2,1H3. The van der Waals surface area contributed by atoms with Gasteiger partial charge >= 0.3 is 0 Å². The van der Waals surface area contributed by atoms with Gasteiger partial charge in [-0.3, -0.25) is 0 Å². The van der Waals surface area contributed by atoms with Gasteiger partial charge < -0.3 is 9.88 Å². The summed E-state index contributed by atoms with van der Waals surface area (Å²) >= 11 is 0. The van der Waals surface area contributed by atoms with Crippen molar-refractivity contribution in [2.24, 2.45) is 5.41 Å². The fourth-order valence-electron chi connectivity index (χ4n) is 3.66. The molecule has 3 rings (SSSR count). The maximum absolute atomic E-state index is 4.39. The summed E-state index contributed by atoms with van der Waals surface area (Å²) in [6.45, 7) is 4.76. The van der Waals surface area contributed by atoms with Gasteiger partial charge in [-0.25, -0.2) is 4.98 Å². The van der Waals surface area contributed by atoms with E-state index in [1.165, 1.54) is 50.6 Å². The first-order valence-electron chi connectivity index (χ1n) is 7.50. The van der Waals surface area contributed by atoms with E-state index in [0.29, 0.717) is 11.5 Å². The van der Waals surface area contributed by atoms with Crippen LogP contribution in [-0.2, 0) is 6.54 Å². The molecule has 0 radical (unpaired) electrons. The predicted octanol–water partition coefficient (Wildman–Crippen LogP) is 3.28. The third-order valence-corrected chi connectivity index (χ3v) is 4.77. The van der Waals surface area contributed by atoms with E-state index in [1.54, 1.807) is 0 Å². The maximum atomic E-state index is 4.39. The van der Waals surface area contributed by atoms with E-state index in [0.717, 1.165) is 13.1 Å². The van der Waals surface area contributed by atoms with Crippen LogP contribution in [0.2, 0.25) is 0 Å². The molecule has 0 bridgehead atoms. The number of hydrogen-bond donors (Lipinski definition) is 1. The largest absolute Gasteiger partial charge is 0.333 e. The molecule has 18 heavy (non-hydrogen) atoms. The van der Waals surface area contributed by atoms with Gasteiger partial charge in [-0.2, -0.15) is 0 Å². The van der Waals surface area contributed by atoms with Gasteiger partial charge in [0.25, 0.3) is 0 Å². The van der Waals surface area contributed by atoms with Crippen LogP contribution in [0.1, 0.15) is 63.6 Å². The monoisotopic (exact) mass is 247 g/mol.